The van der Waals surface area contributed by atoms with E-state index in [1.807, 2.05) is 0 Å². The van der Waals surface area contributed by atoms with Gasteiger partial charge in [0.15, 0.2) is 0 Å². The summed E-state index contributed by atoms with van der Waals surface area (Å²) < 4.78 is 29.4. The Morgan fingerprint density at radius 1 is 1.20 bits per heavy atom. The SMILES string of the molecule is CCCCc1c(C(F)(F)CC)ccc(Br)c1C(C)CC. The number of halogens is 3. The highest BCUT2D eigenvalue weighted by atomic mass is 79.9. The molecule has 0 aromatic heterocycles. The fourth-order valence-corrected chi connectivity index (χ4v) is 3.29. The molecule has 1 aromatic carbocycles. The molecule has 0 aliphatic carbocycles. The third kappa shape index (κ3) is 3.81. The summed E-state index contributed by atoms with van der Waals surface area (Å²) in [6.45, 7) is 7.86. The standard InChI is InChI=1S/C17H25BrF2/c1-5-8-9-13-14(17(19,20)7-3)10-11-15(18)16(13)12(4)6-2/h10-12H,5-9H2,1-4H3. The van der Waals surface area contributed by atoms with Gasteiger partial charge in [-0.25, -0.2) is 8.78 Å². The van der Waals surface area contributed by atoms with Crippen LogP contribution in [0.4, 0.5) is 8.78 Å². The van der Waals surface area contributed by atoms with E-state index in [9.17, 15) is 8.78 Å². The van der Waals surface area contributed by atoms with Crippen molar-refractivity contribution in [2.45, 2.75) is 71.6 Å². The first-order valence-electron chi connectivity index (χ1n) is 7.58. The van der Waals surface area contributed by atoms with Gasteiger partial charge in [-0.15, -0.1) is 0 Å². The van der Waals surface area contributed by atoms with Gasteiger partial charge in [0.1, 0.15) is 0 Å². The summed E-state index contributed by atoms with van der Waals surface area (Å²) in [5.74, 6) is -2.43. The molecule has 0 aliphatic heterocycles. The predicted octanol–water partition coefficient (Wildman–Crippen LogP) is 6.81. The van der Waals surface area contributed by atoms with Crippen molar-refractivity contribution in [2.24, 2.45) is 0 Å². The Bertz CT molecular complexity index is 441. The Hall–Kier alpha value is -0.440. The molecule has 3 heteroatoms. The lowest BCUT2D eigenvalue weighted by atomic mass is 9.86. The highest BCUT2D eigenvalue weighted by Gasteiger charge is 2.33. The summed E-state index contributed by atoms with van der Waals surface area (Å²) >= 11 is 3.56. The molecule has 1 rings (SSSR count). The largest absolute Gasteiger partial charge is 0.273 e. The average Bonchev–Trinajstić information content (AvgIpc) is 2.43. The predicted molar refractivity (Wildman–Crippen MR) is 85.6 cm³/mol. The summed E-state index contributed by atoms with van der Waals surface area (Å²) in [4.78, 5) is 0. The quantitative estimate of drug-likeness (QED) is 0.508. The van der Waals surface area contributed by atoms with Gasteiger partial charge in [0, 0.05) is 16.5 Å². The summed E-state index contributed by atoms with van der Waals surface area (Å²) in [7, 11) is 0. The van der Waals surface area contributed by atoms with Crippen molar-refractivity contribution in [1.82, 2.24) is 0 Å². The first-order chi connectivity index (χ1) is 9.38. The molecule has 0 nitrogen and oxygen atoms in total. The molecule has 0 saturated heterocycles. The lowest BCUT2D eigenvalue weighted by molar-refractivity contribution is -0.00929. The number of hydrogen-bond donors (Lipinski definition) is 0. The van der Waals surface area contributed by atoms with Crippen molar-refractivity contribution in [2.75, 3.05) is 0 Å². The van der Waals surface area contributed by atoms with E-state index in [0.717, 1.165) is 41.3 Å². The summed E-state index contributed by atoms with van der Waals surface area (Å²) in [6, 6.07) is 3.39. The van der Waals surface area contributed by atoms with Crippen LogP contribution >= 0.6 is 15.9 Å². The zero-order valence-corrected chi connectivity index (χ0v) is 14.5. The molecule has 0 radical (unpaired) electrons. The van der Waals surface area contributed by atoms with Crippen molar-refractivity contribution < 1.29 is 8.78 Å². The van der Waals surface area contributed by atoms with Crippen LogP contribution in [0.3, 0.4) is 0 Å². The molecule has 0 aliphatic rings. The van der Waals surface area contributed by atoms with Gasteiger partial charge in [-0.1, -0.05) is 56.1 Å². The van der Waals surface area contributed by atoms with E-state index in [1.165, 1.54) is 0 Å². The maximum absolute atomic E-state index is 14.2. The summed E-state index contributed by atoms with van der Waals surface area (Å²) in [5.41, 5.74) is 2.17. The van der Waals surface area contributed by atoms with E-state index >= 15 is 0 Å². The van der Waals surface area contributed by atoms with E-state index in [0.29, 0.717) is 5.92 Å². The monoisotopic (exact) mass is 346 g/mol. The molecule has 1 aromatic rings. The number of unbranched alkanes of at least 4 members (excludes halogenated alkanes) is 1. The van der Waals surface area contributed by atoms with Crippen LogP contribution in [0, 0.1) is 0 Å². The van der Waals surface area contributed by atoms with E-state index in [-0.39, 0.29) is 12.0 Å². The van der Waals surface area contributed by atoms with Gasteiger partial charge in [0.25, 0.3) is 5.92 Å². The Morgan fingerprint density at radius 2 is 1.85 bits per heavy atom. The number of rotatable bonds is 7. The van der Waals surface area contributed by atoms with E-state index < -0.39 is 5.92 Å². The maximum Gasteiger partial charge on any atom is 0.273 e. The minimum atomic E-state index is -2.73. The normalized spacial score (nSPS) is 13.6. The van der Waals surface area contributed by atoms with Gasteiger partial charge in [-0.05, 0) is 42.4 Å². The van der Waals surface area contributed by atoms with Crippen LogP contribution in [-0.2, 0) is 12.3 Å². The molecule has 0 saturated carbocycles. The Labute approximate surface area is 130 Å². The topological polar surface area (TPSA) is 0 Å². The van der Waals surface area contributed by atoms with E-state index in [4.69, 9.17) is 0 Å². The van der Waals surface area contributed by atoms with Gasteiger partial charge in [0.2, 0.25) is 0 Å². The summed E-state index contributed by atoms with van der Waals surface area (Å²) in [5, 5.41) is 0. The molecule has 0 bridgehead atoms. The molecular formula is C17H25BrF2. The highest BCUT2D eigenvalue weighted by molar-refractivity contribution is 9.10. The van der Waals surface area contributed by atoms with Crippen LogP contribution in [0.5, 0.6) is 0 Å². The van der Waals surface area contributed by atoms with Crippen molar-refractivity contribution in [3.05, 3.63) is 33.3 Å². The van der Waals surface area contributed by atoms with Crippen LogP contribution in [0.25, 0.3) is 0 Å². The minimum Gasteiger partial charge on any atom is -0.201 e. The van der Waals surface area contributed by atoms with Gasteiger partial charge in [0.05, 0.1) is 0 Å². The molecular weight excluding hydrogens is 322 g/mol. The Morgan fingerprint density at radius 3 is 2.35 bits per heavy atom. The van der Waals surface area contributed by atoms with Crippen molar-refractivity contribution in [1.29, 1.82) is 0 Å². The van der Waals surface area contributed by atoms with Gasteiger partial charge < -0.3 is 0 Å². The first kappa shape index (κ1) is 17.6. The maximum atomic E-state index is 14.2. The highest BCUT2D eigenvalue weighted by Crippen LogP contribution is 2.40. The van der Waals surface area contributed by atoms with Crippen molar-refractivity contribution >= 4 is 15.9 Å². The number of benzene rings is 1. The van der Waals surface area contributed by atoms with Crippen LogP contribution in [0.15, 0.2) is 16.6 Å². The average molecular weight is 347 g/mol. The fraction of sp³-hybridized carbons (Fsp3) is 0.647. The Balaban J connectivity index is 3.44. The van der Waals surface area contributed by atoms with Crippen LogP contribution in [-0.4, -0.2) is 0 Å². The molecule has 0 N–H and O–H groups in total. The molecule has 20 heavy (non-hydrogen) atoms. The summed E-state index contributed by atoms with van der Waals surface area (Å²) in [6.07, 6.45) is 3.52. The third-order valence-electron chi connectivity index (χ3n) is 4.03. The molecule has 1 atom stereocenters. The third-order valence-corrected chi connectivity index (χ3v) is 4.72. The molecule has 0 spiro atoms. The molecule has 0 fully saturated rings. The van der Waals surface area contributed by atoms with Gasteiger partial charge >= 0.3 is 0 Å². The van der Waals surface area contributed by atoms with Crippen molar-refractivity contribution in [3.63, 3.8) is 0 Å². The smallest absolute Gasteiger partial charge is 0.201 e. The molecule has 0 heterocycles. The zero-order chi connectivity index (χ0) is 15.3. The van der Waals surface area contributed by atoms with E-state index in [1.54, 1.807) is 19.1 Å². The lowest BCUT2D eigenvalue weighted by Crippen LogP contribution is -2.17. The molecule has 114 valence electrons. The second kappa shape index (κ2) is 7.53. The first-order valence-corrected chi connectivity index (χ1v) is 8.37. The number of alkyl halides is 2. The van der Waals surface area contributed by atoms with Gasteiger partial charge in [-0.3, -0.25) is 0 Å². The second-order valence-corrected chi connectivity index (χ2v) is 6.31. The lowest BCUT2D eigenvalue weighted by Gasteiger charge is -2.25. The van der Waals surface area contributed by atoms with Gasteiger partial charge in [-0.2, -0.15) is 0 Å². The van der Waals surface area contributed by atoms with Crippen LogP contribution in [0.1, 0.15) is 76.0 Å². The molecule has 0 amide bonds. The van der Waals surface area contributed by atoms with E-state index in [2.05, 4.69) is 36.7 Å². The zero-order valence-electron chi connectivity index (χ0n) is 12.9. The fourth-order valence-electron chi connectivity index (χ4n) is 2.53. The van der Waals surface area contributed by atoms with Crippen LogP contribution in [0.2, 0.25) is 0 Å². The number of hydrogen-bond acceptors (Lipinski definition) is 0. The van der Waals surface area contributed by atoms with Crippen molar-refractivity contribution in [3.8, 4) is 0 Å². The second-order valence-electron chi connectivity index (χ2n) is 5.46. The van der Waals surface area contributed by atoms with Crippen LogP contribution < -0.4 is 0 Å². The Kier molecular flexibility index (Phi) is 6.63. The molecule has 1 unspecified atom stereocenters. The minimum absolute atomic E-state index is 0.145.